The van der Waals surface area contributed by atoms with Gasteiger partial charge in [0.15, 0.2) is 0 Å². The molecule has 3 heteroatoms. The first-order valence-electron chi connectivity index (χ1n) is 7.37. The number of aromatic nitrogens is 2. The predicted molar refractivity (Wildman–Crippen MR) is 83.5 cm³/mol. The van der Waals surface area contributed by atoms with Crippen LogP contribution in [0, 0.1) is 5.92 Å². The van der Waals surface area contributed by atoms with Crippen LogP contribution in [-0.4, -0.2) is 10.2 Å². The van der Waals surface area contributed by atoms with Crippen LogP contribution < -0.4 is 0 Å². The van der Waals surface area contributed by atoms with Gasteiger partial charge in [-0.3, -0.25) is 5.10 Å². The van der Waals surface area contributed by atoms with Crippen LogP contribution in [0.15, 0.2) is 60.5 Å². The largest absolute Gasteiger partial charge is 0.282 e. The third-order valence-electron chi connectivity index (χ3n) is 4.11. The van der Waals surface area contributed by atoms with Gasteiger partial charge in [0.2, 0.25) is 0 Å². The van der Waals surface area contributed by atoms with Crippen LogP contribution in [0.1, 0.15) is 31.4 Å². The fourth-order valence-corrected chi connectivity index (χ4v) is 2.82. The standard InChI is InChI=1S/C18H19FN2/c1-13-6-5-9-15(19)10-11-16(13)18-12-17(20-21-18)14-7-3-2-4-8-14/h2-5,7-10,12-13,16H,6,11H2,1H3,(H,20,21)/b9-5+,15-10?. The Labute approximate surface area is 124 Å². The summed E-state index contributed by atoms with van der Waals surface area (Å²) in [5, 5.41) is 7.55. The summed E-state index contributed by atoms with van der Waals surface area (Å²) in [7, 11) is 0. The minimum atomic E-state index is -0.144. The summed E-state index contributed by atoms with van der Waals surface area (Å²) in [4.78, 5) is 0. The first kappa shape index (κ1) is 13.8. The summed E-state index contributed by atoms with van der Waals surface area (Å²) in [6.45, 7) is 2.20. The minimum absolute atomic E-state index is 0.144. The number of H-pyrrole nitrogens is 1. The van der Waals surface area contributed by atoms with Crippen molar-refractivity contribution in [1.29, 1.82) is 0 Å². The second-order valence-corrected chi connectivity index (χ2v) is 5.62. The van der Waals surface area contributed by atoms with Crippen LogP contribution in [0.3, 0.4) is 0 Å². The SMILES string of the molecule is CC1C/C=C/C(F)=CCC1c1cc(-c2ccccc2)n[nH]1. The summed E-state index contributed by atoms with van der Waals surface area (Å²) in [6, 6.07) is 12.2. The number of halogens is 1. The zero-order valence-corrected chi connectivity index (χ0v) is 12.1. The molecule has 1 aromatic carbocycles. The highest BCUT2D eigenvalue weighted by Gasteiger charge is 2.21. The van der Waals surface area contributed by atoms with Crippen LogP contribution in [0.2, 0.25) is 0 Å². The molecule has 2 nitrogen and oxygen atoms in total. The monoisotopic (exact) mass is 282 g/mol. The van der Waals surface area contributed by atoms with E-state index in [4.69, 9.17) is 0 Å². The van der Waals surface area contributed by atoms with Crippen molar-refractivity contribution in [2.45, 2.75) is 25.7 Å². The van der Waals surface area contributed by atoms with Gasteiger partial charge in [-0.15, -0.1) is 0 Å². The number of rotatable bonds is 2. The van der Waals surface area contributed by atoms with Crippen molar-refractivity contribution in [3.05, 3.63) is 66.1 Å². The van der Waals surface area contributed by atoms with Gasteiger partial charge in [0, 0.05) is 17.2 Å². The van der Waals surface area contributed by atoms with Gasteiger partial charge in [-0.2, -0.15) is 5.10 Å². The van der Waals surface area contributed by atoms with Gasteiger partial charge in [-0.1, -0.05) is 43.3 Å². The lowest BCUT2D eigenvalue weighted by Crippen LogP contribution is -2.10. The van der Waals surface area contributed by atoms with Gasteiger partial charge in [0.1, 0.15) is 5.83 Å². The van der Waals surface area contributed by atoms with E-state index in [-0.39, 0.29) is 11.7 Å². The number of nitrogens with one attached hydrogen (secondary N) is 1. The van der Waals surface area contributed by atoms with Crippen molar-refractivity contribution in [3.8, 4) is 11.3 Å². The Kier molecular flexibility index (Phi) is 4.00. The number of aromatic amines is 1. The third-order valence-corrected chi connectivity index (χ3v) is 4.11. The molecule has 0 bridgehead atoms. The van der Waals surface area contributed by atoms with E-state index in [9.17, 15) is 4.39 Å². The molecule has 1 aliphatic carbocycles. The number of hydrogen-bond acceptors (Lipinski definition) is 1. The zero-order valence-electron chi connectivity index (χ0n) is 12.1. The van der Waals surface area contributed by atoms with Crippen molar-refractivity contribution < 1.29 is 4.39 Å². The number of nitrogens with zero attached hydrogens (tertiary/aromatic N) is 1. The lowest BCUT2D eigenvalue weighted by Gasteiger charge is -2.21. The van der Waals surface area contributed by atoms with Crippen molar-refractivity contribution in [1.82, 2.24) is 10.2 Å². The highest BCUT2D eigenvalue weighted by atomic mass is 19.1. The maximum Gasteiger partial charge on any atom is 0.118 e. The van der Waals surface area contributed by atoms with Crippen molar-refractivity contribution >= 4 is 0 Å². The summed E-state index contributed by atoms with van der Waals surface area (Å²) >= 11 is 0. The van der Waals surface area contributed by atoms with Gasteiger partial charge in [0.25, 0.3) is 0 Å². The van der Waals surface area contributed by atoms with Gasteiger partial charge in [0.05, 0.1) is 5.69 Å². The predicted octanol–water partition coefficient (Wildman–Crippen LogP) is 5.00. The van der Waals surface area contributed by atoms with Crippen LogP contribution in [0.25, 0.3) is 11.3 Å². The smallest absolute Gasteiger partial charge is 0.118 e. The van der Waals surface area contributed by atoms with Crippen molar-refractivity contribution in [2.75, 3.05) is 0 Å². The molecule has 2 aromatic rings. The quantitative estimate of drug-likeness (QED) is 0.825. The van der Waals surface area contributed by atoms with E-state index in [1.807, 2.05) is 36.4 Å². The molecule has 0 radical (unpaired) electrons. The maximum atomic E-state index is 13.5. The Morgan fingerprint density at radius 1 is 1.19 bits per heavy atom. The molecule has 1 heterocycles. The summed E-state index contributed by atoms with van der Waals surface area (Å²) < 4.78 is 13.5. The molecule has 1 aromatic heterocycles. The van der Waals surface area contributed by atoms with E-state index >= 15 is 0 Å². The van der Waals surface area contributed by atoms with Crippen molar-refractivity contribution in [2.24, 2.45) is 5.92 Å². The van der Waals surface area contributed by atoms with E-state index in [1.165, 1.54) is 0 Å². The fourth-order valence-electron chi connectivity index (χ4n) is 2.82. The molecule has 0 amide bonds. The van der Waals surface area contributed by atoms with Gasteiger partial charge >= 0.3 is 0 Å². The Hall–Kier alpha value is -2.16. The molecule has 2 atom stereocenters. The van der Waals surface area contributed by atoms with E-state index in [0.29, 0.717) is 12.3 Å². The molecule has 1 aliphatic rings. The molecule has 0 aliphatic heterocycles. The molecule has 0 spiro atoms. The molecule has 1 N–H and O–H groups in total. The summed E-state index contributed by atoms with van der Waals surface area (Å²) in [6.07, 6.45) is 6.73. The van der Waals surface area contributed by atoms with Gasteiger partial charge in [-0.25, -0.2) is 4.39 Å². The zero-order chi connectivity index (χ0) is 14.7. The Morgan fingerprint density at radius 2 is 2.00 bits per heavy atom. The molecule has 0 fully saturated rings. The topological polar surface area (TPSA) is 28.7 Å². The average molecular weight is 282 g/mol. The average Bonchev–Trinajstić information content (AvgIpc) is 2.96. The molecule has 108 valence electrons. The first-order chi connectivity index (χ1) is 10.2. The molecule has 0 saturated heterocycles. The number of hydrogen-bond donors (Lipinski definition) is 1. The minimum Gasteiger partial charge on any atom is -0.282 e. The lowest BCUT2D eigenvalue weighted by atomic mass is 9.84. The Morgan fingerprint density at radius 3 is 2.81 bits per heavy atom. The number of allylic oxidation sites excluding steroid dienone is 4. The molecular weight excluding hydrogens is 263 g/mol. The van der Waals surface area contributed by atoms with Gasteiger partial charge in [-0.05, 0) is 37.0 Å². The molecular formula is C18H19FN2. The lowest BCUT2D eigenvalue weighted by molar-refractivity contribution is 0.449. The van der Waals surface area contributed by atoms with E-state index < -0.39 is 0 Å². The highest BCUT2D eigenvalue weighted by molar-refractivity contribution is 5.59. The van der Waals surface area contributed by atoms with Crippen LogP contribution in [-0.2, 0) is 0 Å². The fraction of sp³-hybridized carbons (Fsp3) is 0.278. The molecule has 21 heavy (non-hydrogen) atoms. The molecule has 3 rings (SSSR count). The second-order valence-electron chi connectivity index (χ2n) is 5.62. The van der Waals surface area contributed by atoms with Crippen LogP contribution >= 0.6 is 0 Å². The Bertz CT molecular complexity index is 655. The molecule has 2 unspecified atom stereocenters. The molecule has 0 saturated carbocycles. The third kappa shape index (κ3) is 3.13. The van der Waals surface area contributed by atoms with E-state index in [2.05, 4.69) is 23.2 Å². The van der Waals surface area contributed by atoms with E-state index in [1.54, 1.807) is 12.2 Å². The Balaban J connectivity index is 1.86. The van der Waals surface area contributed by atoms with Crippen LogP contribution in [0.5, 0.6) is 0 Å². The van der Waals surface area contributed by atoms with Gasteiger partial charge < -0.3 is 0 Å². The number of benzene rings is 1. The van der Waals surface area contributed by atoms with Crippen LogP contribution in [0.4, 0.5) is 4.39 Å². The highest BCUT2D eigenvalue weighted by Crippen LogP contribution is 2.33. The van der Waals surface area contributed by atoms with E-state index in [0.717, 1.165) is 23.4 Å². The normalized spacial score (nSPS) is 24.0. The van der Waals surface area contributed by atoms with Crippen molar-refractivity contribution in [3.63, 3.8) is 0 Å². The second kappa shape index (κ2) is 6.08. The maximum absolute atomic E-state index is 13.5. The summed E-state index contributed by atoms with van der Waals surface area (Å²) in [5.74, 6) is 0.579. The summed E-state index contributed by atoms with van der Waals surface area (Å²) in [5.41, 5.74) is 3.13. The first-order valence-corrected chi connectivity index (χ1v) is 7.37.